The summed E-state index contributed by atoms with van der Waals surface area (Å²) in [4.78, 5) is 3.24. The molecule has 1 heteroatoms. The van der Waals surface area contributed by atoms with Gasteiger partial charge in [0.2, 0.25) is 0 Å². The predicted molar refractivity (Wildman–Crippen MR) is 98.8 cm³/mol. The van der Waals surface area contributed by atoms with Crippen molar-refractivity contribution in [2.45, 2.75) is 104 Å². The standard InChI is InChI=1S/C20H36S/c1-8-11-12-13-14-16-15-17(19(4,5)9-2)21-18(16)20(6,7)10-3/h15H,8-14H2,1-7H3. The average Bonchev–Trinajstić information content (AvgIpc) is 2.89. The first-order valence-corrected chi connectivity index (χ1v) is 9.73. The molecule has 0 nitrogen and oxygen atoms in total. The second-order valence-corrected chi connectivity index (χ2v) is 8.80. The van der Waals surface area contributed by atoms with E-state index in [9.17, 15) is 0 Å². The molecule has 0 saturated carbocycles. The fourth-order valence-electron chi connectivity index (χ4n) is 2.60. The highest BCUT2D eigenvalue weighted by atomic mass is 32.1. The molecule has 1 rings (SSSR count). The summed E-state index contributed by atoms with van der Waals surface area (Å²) in [6.07, 6.45) is 9.15. The van der Waals surface area contributed by atoms with Gasteiger partial charge >= 0.3 is 0 Å². The van der Waals surface area contributed by atoms with Crippen LogP contribution < -0.4 is 0 Å². The van der Waals surface area contributed by atoms with Crippen LogP contribution in [0.2, 0.25) is 0 Å². The number of unbranched alkanes of at least 4 members (excludes halogenated alkanes) is 3. The van der Waals surface area contributed by atoms with E-state index in [1.807, 2.05) is 0 Å². The molecule has 0 radical (unpaired) electrons. The molecule has 0 amide bonds. The second-order valence-electron chi connectivity index (χ2n) is 7.75. The maximum atomic E-state index is 2.53. The van der Waals surface area contributed by atoms with Gasteiger partial charge in [0.1, 0.15) is 0 Å². The highest BCUT2D eigenvalue weighted by Gasteiger charge is 2.28. The van der Waals surface area contributed by atoms with Crippen LogP contribution in [0.15, 0.2) is 6.07 Å². The van der Waals surface area contributed by atoms with Crippen molar-refractivity contribution in [2.75, 3.05) is 0 Å². The summed E-state index contributed by atoms with van der Waals surface area (Å²) >= 11 is 2.09. The van der Waals surface area contributed by atoms with Crippen LogP contribution in [0.3, 0.4) is 0 Å². The zero-order valence-electron chi connectivity index (χ0n) is 15.4. The molecule has 1 aromatic rings. The van der Waals surface area contributed by atoms with Gasteiger partial charge in [0.15, 0.2) is 0 Å². The Kier molecular flexibility index (Phi) is 6.97. The summed E-state index contributed by atoms with van der Waals surface area (Å²) in [5.74, 6) is 0. The van der Waals surface area contributed by atoms with Crippen LogP contribution >= 0.6 is 11.3 Å². The third-order valence-electron chi connectivity index (χ3n) is 5.16. The minimum absolute atomic E-state index is 0.324. The molecular weight excluding hydrogens is 272 g/mol. The summed E-state index contributed by atoms with van der Waals surface area (Å²) in [7, 11) is 0. The molecule has 0 spiro atoms. The number of hydrogen-bond donors (Lipinski definition) is 0. The highest BCUT2D eigenvalue weighted by Crippen LogP contribution is 2.42. The van der Waals surface area contributed by atoms with E-state index in [1.165, 1.54) is 44.9 Å². The van der Waals surface area contributed by atoms with Crippen LogP contribution in [0.1, 0.15) is 102 Å². The number of thiophene rings is 1. The van der Waals surface area contributed by atoms with E-state index in [0.717, 1.165) is 0 Å². The van der Waals surface area contributed by atoms with Crippen LogP contribution in [0, 0.1) is 0 Å². The lowest BCUT2D eigenvalue weighted by molar-refractivity contribution is 0.510. The minimum atomic E-state index is 0.324. The Morgan fingerprint density at radius 3 is 2.00 bits per heavy atom. The molecule has 0 unspecified atom stereocenters. The zero-order valence-corrected chi connectivity index (χ0v) is 16.3. The second kappa shape index (κ2) is 7.81. The fourth-order valence-corrected chi connectivity index (χ4v) is 4.15. The lowest BCUT2D eigenvalue weighted by Gasteiger charge is -2.24. The Bertz CT molecular complexity index is 423. The zero-order chi connectivity index (χ0) is 16.1. The molecule has 0 aliphatic heterocycles. The van der Waals surface area contributed by atoms with E-state index in [4.69, 9.17) is 0 Å². The van der Waals surface area contributed by atoms with Crippen molar-refractivity contribution < 1.29 is 0 Å². The molecule has 0 atom stereocenters. The Hall–Kier alpha value is -0.300. The maximum absolute atomic E-state index is 2.53. The molecular formula is C20H36S. The number of rotatable bonds is 9. The lowest BCUT2D eigenvalue weighted by atomic mass is 9.84. The van der Waals surface area contributed by atoms with Gasteiger partial charge in [0, 0.05) is 9.75 Å². The molecule has 1 aromatic heterocycles. The van der Waals surface area contributed by atoms with Crippen LogP contribution in [0.4, 0.5) is 0 Å². The largest absolute Gasteiger partial charge is 0.144 e. The Morgan fingerprint density at radius 2 is 1.48 bits per heavy atom. The van der Waals surface area contributed by atoms with Crippen molar-refractivity contribution in [3.63, 3.8) is 0 Å². The monoisotopic (exact) mass is 308 g/mol. The van der Waals surface area contributed by atoms with Crippen LogP contribution in [0.5, 0.6) is 0 Å². The molecule has 0 bridgehead atoms. The van der Waals surface area contributed by atoms with Crippen molar-refractivity contribution in [1.29, 1.82) is 0 Å². The van der Waals surface area contributed by atoms with E-state index >= 15 is 0 Å². The third-order valence-corrected chi connectivity index (χ3v) is 7.07. The quantitative estimate of drug-likeness (QED) is 0.421. The molecule has 1 heterocycles. The van der Waals surface area contributed by atoms with Gasteiger partial charge in [-0.2, -0.15) is 0 Å². The Labute approximate surface area is 137 Å². The summed E-state index contributed by atoms with van der Waals surface area (Å²) in [5, 5.41) is 0. The van der Waals surface area contributed by atoms with Crippen LogP contribution in [-0.2, 0) is 17.3 Å². The van der Waals surface area contributed by atoms with Gasteiger partial charge < -0.3 is 0 Å². The van der Waals surface area contributed by atoms with Gasteiger partial charge in [-0.3, -0.25) is 0 Å². The molecule has 21 heavy (non-hydrogen) atoms. The number of aryl methyl sites for hydroxylation is 1. The SMILES string of the molecule is CCCCCCc1cc(C(C)(C)CC)sc1C(C)(C)CC. The van der Waals surface area contributed by atoms with Gasteiger partial charge in [0.05, 0.1) is 0 Å². The van der Waals surface area contributed by atoms with Crippen LogP contribution in [-0.4, -0.2) is 0 Å². The third kappa shape index (κ3) is 4.84. The van der Waals surface area contributed by atoms with E-state index in [0.29, 0.717) is 10.8 Å². The maximum Gasteiger partial charge on any atom is 0.0137 e. The predicted octanol–water partition coefficient (Wildman–Crippen LogP) is 7.25. The Balaban J connectivity index is 3.02. The summed E-state index contributed by atoms with van der Waals surface area (Å²) in [5.41, 5.74) is 2.29. The molecule has 0 saturated heterocycles. The normalized spacial score (nSPS) is 12.9. The van der Waals surface area contributed by atoms with Gasteiger partial charge in [0.25, 0.3) is 0 Å². The fraction of sp³-hybridized carbons (Fsp3) is 0.800. The highest BCUT2D eigenvalue weighted by molar-refractivity contribution is 7.12. The first-order chi connectivity index (χ1) is 9.78. The molecule has 0 aromatic carbocycles. The molecule has 122 valence electrons. The topological polar surface area (TPSA) is 0 Å². The van der Waals surface area contributed by atoms with Crippen LogP contribution in [0.25, 0.3) is 0 Å². The van der Waals surface area contributed by atoms with E-state index in [-0.39, 0.29) is 0 Å². The molecule has 0 aliphatic rings. The number of hydrogen-bond acceptors (Lipinski definition) is 1. The molecule has 0 N–H and O–H groups in total. The lowest BCUT2D eigenvalue weighted by Crippen LogP contribution is -2.15. The van der Waals surface area contributed by atoms with Crippen molar-refractivity contribution in [2.24, 2.45) is 0 Å². The van der Waals surface area contributed by atoms with Crippen molar-refractivity contribution in [3.05, 3.63) is 21.4 Å². The van der Waals surface area contributed by atoms with Gasteiger partial charge in [-0.1, -0.05) is 67.7 Å². The Morgan fingerprint density at radius 1 is 0.857 bits per heavy atom. The summed E-state index contributed by atoms with van der Waals surface area (Å²) in [6, 6.07) is 2.53. The van der Waals surface area contributed by atoms with E-state index in [1.54, 1.807) is 15.3 Å². The van der Waals surface area contributed by atoms with Gasteiger partial charge in [-0.25, -0.2) is 0 Å². The van der Waals surface area contributed by atoms with Crippen molar-refractivity contribution in [1.82, 2.24) is 0 Å². The van der Waals surface area contributed by atoms with E-state index in [2.05, 4.69) is 65.9 Å². The van der Waals surface area contributed by atoms with Crippen molar-refractivity contribution in [3.8, 4) is 0 Å². The molecule has 0 aliphatic carbocycles. The van der Waals surface area contributed by atoms with Gasteiger partial charge in [-0.05, 0) is 48.1 Å². The summed E-state index contributed by atoms with van der Waals surface area (Å²) in [6.45, 7) is 16.5. The first kappa shape index (κ1) is 18.7. The van der Waals surface area contributed by atoms with Gasteiger partial charge in [-0.15, -0.1) is 11.3 Å². The average molecular weight is 309 g/mol. The first-order valence-electron chi connectivity index (χ1n) is 8.92. The minimum Gasteiger partial charge on any atom is -0.144 e. The smallest absolute Gasteiger partial charge is 0.0137 e. The van der Waals surface area contributed by atoms with Crippen molar-refractivity contribution >= 4 is 11.3 Å². The van der Waals surface area contributed by atoms with E-state index < -0.39 is 0 Å². The molecule has 0 fully saturated rings. The summed E-state index contributed by atoms with van der Waals surface area (Å²) < 4.78 is 0.